The molecule has 0 aliphatic heterocycles. The van der Waals surface area contributed by atoms with Crippen LogP contribution in [0.15, 0.2) is 18.2 Å². The highest BCUT2D eigenvalue weighted by Crippen LogP contribution is 2.30. The Kier molecular flexibility index (Phi) is 1.61. The van der Waals surface area contributed by atoms with Crippen molar-refractivity contribution in [2.75, 3.05) is 0 Å². The van der Waals surface area contributed by atoms with E-state index in [1.54, 1.807) is 19.1 Å². The molecule has 0 spiro atoms. The van der Waals surface area contributed by atoms with Gasteiger partial charge in [-0.2, -0.15) is 4.39 Å². The number of rotatable bonds is 0. The smallest absolute Gasteiger partial charge is 0.180 e. The first kappa shape index (κ1) is 7.68. The molecule has 2 aromatic rings. The topological polar surface area (TPSA) is 0 Å². The van der Waals surface area contributed by atoms with Crippen LogP contribution in [0.5, 0.6) is 0 Å². The summed E-state index contributed by atoms with van der Waals surface area (Å²) in [4.78, 5) is 0. The predicted octanol–water partition coefficient (Wildman–Crippen LogP) is 3.49. The van der Waals surface area contributed by atoms with Gasteiger partial charge in [0.15, 0.2) is 5.13 Å². The molecule has 2 rings (SSSR count). The first-order valence-electron chi connectivity index (χ1n) is 3.53. The van der Waals surface area contributed by atoms with Crippen LogP contribution in [0.2, 0.25) is 0 Å². The van der Waals surface area contributed by atoms with Gasteiger partial charge in [-0.1, -0.05) is 12.1 Å². The van der Waals surface area contributed by atoms with Gasteiger partial charge in [-0.05, 0) is 13.0 Å². The molecule has 12 heavy (non-hydrogen) atoms. The summed E-state index contributed by atoms with van der Waals surface area (Å²) < 4.78 is 26.4. The number of benzene rings is 1. The molecule has 0 atom stereocenters. The fourth-order valence-electron chi connectivity index (χ4n) is 1.18. The molecule has 0 saturated carbocycles. The SMILES string of the molecule is Cc1c(F)sc2c(F)cccc12. The zero-order valence-electron chi connectivity index (χ0n) is 6.40. The monoisotopic (exact) mass is 184 g/mol. The average Bonchev–Trinajstić information content (AvgIpc) is 2.32. The maximum absolute atomic E-state index is 13.0. The Labute approximate surface area is 72.4 Å². The van der Waals surface area contributed by atoms with E-state index >= 15 is 0 Å². The lowest BCUT2D eigenvalue weighted by Gasteiger charge is -1.90. The summed E-state index contributed by atoms with van der Waals surface area (Å²) in [6.07, 6.45) is 0. The van der Waals surface area contributed by atoms with E-state index in [9.17, 15) is 8.78 Å². The van der Waals surface area contributed by atoms with Crippen molar-refractivity contribution in [2.45, 2.75) is 6.92 Å². The molecule has 1 aromatic heterocycles. The Morgan fingerprint density at radius 2 is 2.00 bits per heavy atom. The highest BCUT2D eigenvalue weighted by Gasteiger charge is 2.09. The minimum absolute atomic E-state index is 0.296. The zero-order valence-corrected chi connectivity index (χ0v) is 7.21. The summed E-state index contributed by atoms with van der Waals surface area (Å²) in [7, 11) is 0. The van der Waals surface area contributed by atoms with E-state index in [-0.39, 0.29) is 10.9 Å². The number of thiophene rings is 1. The van der Waals surface area contributed by atoms with Crippen molar-refractivity contribution in [3.63, 3.8) is 0 Å². The second kappa shape index (κ2) is 2.52. The Balaban J connectivity index is 2.95. The van der Waals surface area contributed by atoms with Crippen LogP contribution in [0, 0.1) is 17.9 Å². The van der Waals surface area contributed by atoms with Gasteiger partial charge in [0.05, 0.1) is 4.70 Å². The van der Waals surface area contributed by atoms with E-state index < -0.39 is 0 Å². The van der Waals surface area contributed by atoms with Gasteiger partial charge in [0, 0.05) is 10.9 Å². The average molecular weight is 184 g/mol. The maximum atomic E-state index is 13.0. The first-order valence-corrected chi connectivity index (χ1v) is 4.35. The molecule has 0 nitrogen and oxygen atoms in total. The van der Waals surface area contributed by atoms with Gasteiger partial charge in [0.25, 0.3) is 0 Å². The molecule has 1 heterocycles. The van der Waals surface area contributed by atoms with E-state index in [1.807, 2.05) is 0 Å². The summed E-state index contributed by atoms with van der Waals surface area (Å²) in [5.74, 6) is -0.343. The highest BCUT2D eigenvalue weighted by atomic mass is 32.1. The molecule has 0 saturated heterocycles. The quantitative estimate of drug-likeness (QED) is 0.588. The largest absolute Gasteiger partial charge is 0.205 e. The molecule has 0 radical (unpaired) electrons. The van der Waals surface area contributed by atoms with Gasteiger partial charge in [0.2, 0.25) is 0 Å². The van der Waals surface area contributed by atoms with E-state index in [1.165, 1.54) is 6.07 Å². The van der Waals surface area contributed by atoms with E-state index in [0.29, 0.717) is 15.6 Å². The van der Waals surface area contributed by atoms with Gasteiger partial charge in [-0.25, -0.2) is 4.39 Å². The van der Waals surface area contributed by atoms with Crippen molar-refractivity contribution in [3.05, 3.63) is 34.7 Å². The van der Waals surface area contributed by atoms with Crippen molar-refractivity contribution in [1.29, 1.82) is 0 Å². The lowest BCUT2D eigenvalue weighted by atomic mass is 10.2. The van der Waals surface area contributed by atoms with Gasteiger partial charge in [-0.3, -0.25) is 0 Å². The summed E-state index contributed by atoms with van der Waals surface area (Å²) >= 11 is 0.864. The minimum Gasteiger partial charge on any atom is -0.205 e. The second-order valence-electron chi connectivity index (χ2n) is 2.62. The Morgan fingerprint density at radius 3 is 2.67 bits per heavy atom. The molecule has 3 heteroatoms. The summed E-state index contributed by atoms with van der Waals surface area (Å²) in [5.41, 5.74) is 0.537. The third-order valence-electron chi connectivity index (χ3n) is 1.86. The summed E-state index contributed by atoms with van der Waals surface area (Å²) in [6, 6.07) is 4.67. The Bertz CT molecular complexity index is 431. The molecule has 0 N–H and O–H groups in total. The van der Waals surface area contributed by atoms with Crippen LogP contribution in [0.3, 0.4) is 0 Å². The van der Waals surface area contributed by atoms with Crippen molar-refractivity contribution in [1.82, 2.24) is 0 Å². The van der Waals surface area contributed by atoms with Crippen LogP contribution in [0.1, 0.15) is 5.56 Å². The van der Waals surface area contributed by atoms with Gasteiger partial charge < -0.3 is 0 Å². The van der Waals surface area contributed by atoms with Crippen molar-refractivity contribution in [3.8, 4) is 0 Å². The van der Waals surface area contributed by atoms with E-state index in [2.05, 4.69) is 0 Å². The summed E-state index contributed by atoms with van der Waals surface area (Å²) in [6.45, 7) is 1.66. The molecular weight excluding hydrogens is 178 g/mol. The normalized spacial score (nSPS) is 10.9. The molecule has 0 bridgehead atoms. The third kappa shape index (κ3) is 0.932. The number of hydrogen-bond donors (Lipinski definition) is 0. The third-order valence-corrected chi connectivity index (χ3v) is 2.96. The molecule has 62 valence electrons. The lowest BCUT2D eigenvalue weighted by Crippen LogP contribution is -1.73. The van der Waals surface area contributed by atoms with E-state index in [4.69, 9.17) is 0 Å². The number of halogens is 2. The van der Waals surface area contributed by atoms with Crippen molar-refractivity contribution < 1.29 is 8.78 Å². The fourth-order valence-corrected chi connectivity index (χ4v) is 2.12. The molecule has 0 aliphatic rings. The van der Waals surface area contributed by atoms with Crippen LogP contribution in [-0.4, -0.2) is 0 Å². The van der Waals surface area contributed by atoms with Gasteiger partial charge in [0.1, 0.15) is 5.82 Å². The van der Waals surface area contributed by atoms with Gasteiger partial charge in [-0.15, -0.1) is 11.3 Å². The molecule has 0 amide bonds. The van der Waals surface area contributed by atoms with Crippen molar-refractivity contribution in [2.24, 2.45) is 0 Å². The van der Waals surface area contributed by atoms with Crippen molar-refractivity contribution >= 4 is 21.4 Å². The van der Waals surface area contributed by atoms with Crippen LogP contribution < -0.4 is 0 Å². The molecule has 0 unspecified atom stereocenters. The first-order chi connectivity index (χ1) is 5.70. The fraction of sp³-hybridized carbons (Fsp3) is 0.111. The lowest BCUT2D eigenvalue weighted by molar-refractivity contribution is 0.641. The van der Waals surface area contributed by atoms with E-state index in [0.717, 1.165) is 11.3 Å². The molecule has 0 aliphatic carbocycles. The highest BCUT2D eigenvalue weighted by molar-refractivity contribution is 7.17. The number of hydrogen-bond acceptors (Lipinski definition) is 1. The van der Waals surface area contributed by atoms with Crippen LogP contribution in [0.4, 0.5) is 8.78 Å². The summed E-state index contributed by atoms with van der Waals surface area (Å²) in [5, 5.41) is 0.382. The molecular formula is C9H6F2S. The number of aryl methyl sites for hydroxylation is 1. The molecule has 0 fully saturated rings. The Hall–Kier alpha value is -0.960. The van der Waals surface area contributed by atoms with Crippen LogP contribution in [-0.2, 0) is 0 Å². The Morgan fingerprint density at radius 1 is 1.25 bits per heavy atom. The standard InChI is InChI=1S/C9H6F2S/c1-5-6-3-2-4-7(10)8(6)12-9(5)11/h2-4H,1H3. The molecule has 1 aromatic carbocycles. The zero-order chi connectivity index (χ0) is 8.72. The minimum atomic E-state index is -0.343. The van der Waals surface area contributed by atoms with Crippen LogP contribution in [0.25, 0.3) is 10.1 Å². The second-order valence-corrected chi connectivity index (χ2v) is 3.59. The predicted molar refractivity (Wildman–Crippen MR) is 46.5 cm³/mol. The van der Waals surface area contributed by atoms with Crippen LogP contribution >= 0.6 is 11.3 Å². The maximum Gasteiger partial charge on any atom is 0.180 e. The van der Waals surface area contributed by atoms with Gasteiger partial charge >= 0.3 is 0 Å². The number of fused-ring (bicyclic) bond motifs is 1.